The fourth-order valence-electron chi connectivity index (χ4n) is 4.07. The van der Waals surface area contributed by atoms with E-state index in [-0.39, 0.29) is 0 Å². The summed E-state index contributed by atoms with van der Waals surface area (Å²) in [6.07, 6.45) is 8.33. The van der Waals surface area contributed by atoms with Gasteiger partial charge in [0.2, 0.25) is 0 Å². The van der Waals surface area contributed by atoms with Crippen molar-refractivity contribution in [3.05, 3.63) is 66.3 Å². The number of nitrogens with zero attached hydrogens (tertiary/aromatic N) is 7. The van der Waals surface area contributed by atoms with Crippen molar-refractivity contribution in [1.29, 1.82) is 0 Å². The van der Waals surface area contributed by atoms with Crippen molar-refractivity contribution in [2.24, 2.45) is 0 Å². The lowest BCUT2D eigenvalue weighted by Gasteiger charge is -2.20. The smallest absolute Gasteiger partial charge is 0.256 e. The molecule has 4 aromatic rings. The van der Waals surface area contributed by atoms with E-state index < -0.39 is 6.23 Å². The number of aliphatic hydroxyl groups is 1. The zero-order chi connectivity index (χ0) is 22.9. The lowest BCUT2D eigenvalue weighted by Crippen LogP contribution is -2.20. The second-order valence-corrected chi connectivity index (χ2v) is 7.70. The standard InChI is InChI=1S/C23H25N7O3/c1-4-28-8-7-24-21(28)14-29-12-16(11-26-29)30-13-19-17(23(30)31)5-6-18(27-19)15-9-20(32-2)22(33-3)25-10-15/h5-12,23,31H,4,13-14H2,1-3H3. The van der Waals surface area contributed by atoms with Gasteiger partial charge in [-0.2, -0.15) is 5.10 Å². The summed E-state index contributed by atoms with van der Waals surface area (Å²) in [6.45, 7) is 3.97. The summed E-state index contributed by atoms with van der Waals surface area (Å²) >= 11 is 0. The quantitative estimate of drug-likeness (QED) is 0.461. The molecule has 5 rings (SSSR count). The van der Waals surface area contributed by atoms with Gasteiger partial charge in [-0.3, -0.25) is 9.67 Å². The normalized spacial score (nSPS) is 15.0. The first-order valence-corrected chi connectivity index (χ1v) is 10.7. The maximum absolute atomic E-state index is 10.9. The van der Waals surface area contributed by atoms with Crippen LogP contribution < -0.4 is 14.4 Å². The molecule has 1 aliphatic rings. The molecule has 170 valence electrons. The van der Waals surface area contributed by atoms with Crippen LogP contribution in [0.4, 0.5) is 5.69 Å². The number of pyridine rings is 2. The van der Waals surface area contributed by atoms with Gasteiger partial charge in [-0.05, 0) is 19.1 Å². The van der Waals surface area contributed by atoms with Crippen LogP contribution in [0.15, 0.2) is 49.2 Å². The number of methoxy groups -OCH3 is 2. The number of fused-ring (bicyclic) bond motifs is 1. The zero-order valence-corrected chi connectivity index (χ0v) is 18.7. The van der Waals surface area contributed by atoms with E-state index in [1.807, 2.05) is 40.2 Å². The summed E-state index contributed by atoms with van der Waals surface area (Å²) in [6, 6.07) is 5.62. The van der Waals surface area contributed by atoms with Gasteiger partial charge in [-0.15, -0.1) is 0 Å². The summed E-state index contributed by atoms with van der Waals surface area (Å²) in [5, 5.41) is 15.4. The minimum atomic E-state index is -0.791. The van der Waals surface area contributed by atoms with Crippen molar-refractivity contribution < 1.29 is 14.6 Å². The van der Waals surface area contributed by atoms with Crippen LogP contribution in [0.3, 0.4) is 0 Å². The molecular weight excluding hydrogens is 422 g/mol. The number of aryl methyl sites for hydroxylation is 1. The first kappa shape index (κ1) is 21.0. The van der Waals surface area contributed by atoms with Gasteiger partial charge >= 0.3 is 0 Å². The minimum absolute atomic E-state index is 0.419. The number of rotatable bonds is 7. The molecule has 0 aromatic carbocycles. The molecule has 1 unspecified atom stereocenters. The molecule has 0 bridgehead atoms. The van der Waals surface area contributed by atoms with Crippen LogP contribution in [0.5, 0.6) is 11.6 Å². The Morgan fingerprint density at radius 3 is 2.82 bits per heavy atom. The first-order valence-electron chi connectivity index (χ1n) is 10.7. The topological polar surface area (TPSA) is 103 Å². The molecule has 0 saturated carbocycles. The van der Waals surface area contributed by atoms with Crippen LogP contribution in [0, 0.1) is 0 Å². The van der Waals surface area contributed by atoms with Crippen LogP contribution in [-0.2, 0) is 19.6 Å². The monoisotopic (exact) mass is 447 g/mol. The molecule has 0 fully saturated rings. The Hall–Kier alpha value is -3.92. The maximum atomic E-state index is 10.9. The predicted octanol–water partition coefficient (Wildman–Crippen LogP) is 2.63. The molecule has 1 atom stereocenters. The lowest BCUT2D eigenvalue weighted by molar-refractivity contribution is 0.181. The van der Waals surface area contributed by atoms with Crippen LogP contribution >= 0.6 is 0 Å². The average Bonchev–Trinajstić information content (AvgIpc) is 3.57. The summed E-state index contributed by atoms with van der Waals surface area (Å²) < 4.78 is 14.5. The molecule has 0 spiro atoms. The molecule has 10 heteroatoms. The molecule has 1 aliphatic heterocycles. The van der Waals surface area contributed by atoms with Crippen molar-refractivity contribution in [2.75, 3.05) is 19.1 Å². The highest BCUT2D eigenvalue weighted by Gasteiger charge is 2.31. The first-order chi connectivity index (χ1) is 16.1. The Morgan fingerprint density at radius 2 is 2.03 bits per heavy atom. The van der Waals surface area contributed by atoms with Crippen molar-refractivity contribution in [3.8, 4) is 22.9 Å². The maximum Gasteiger partial charge on any atom is 0.256 e. The van der Waals surface area contributed by atoms with Gasteiger partial charge in [0.1, 0.15) is 5.82 Å². The van der Waals surface area contributed by atoms with E-state index in [1.165, 1.54) is 0 Å². The van der Waals surface area contributed by atoms with E-state index >= 15 is 0 Å². The molecule has 4 aromatic heterocycles. The molecule has 33 heavy (non-hydrogen) atoms. The van der Waals surface area contributed by atoms with E-state index in [0.29, 0.717) is 24.7 Å². The van der Waals surface area contributed by atoms with E-state index in [2.05, 4.69) is 26.6 Å². The molecule has 10 nitrogen and oxygen atoms in total. The molecule has 0 amide bonds. The predicted molar refractivity (Wildman–Crippen MR) is 121 cm³/mol. The van der Waals surface area contributed by atoms with Crippen molar-refractivity contribution in [3.63, 3.8) is 0 Å². The van der Waals surface area contributed by atoms with Crippen LogP contribution in [0.2, 0.25) is 0 Å². The van der Waals surface area contributed by atoms with Crippen molar-refractivity contribution >= 4 is 5.69 Å². The van der Waals surface area contributed by atoms with Gasteiger partial charge in [-0.1, -0.05) is 6.07 Å². The molecule has 0 saturated heterocycles. The number of anilines is 1. The van der Waals surface area contributed by atoms with E-state index in [1.54, 1.807) is 32.8 Å². The highest BCUT2D eigenvalue weighted by molar-refractivity contribution is 5.63. The fraction of sp³-hybridized carbons (Fsp3) is 0.304. The van der Waals surface area contributed by atoms with Crippen LogP contribution in [-0.4, -0.2) is 48.6 Å². The number of aliphatic hydroxyl groups excluding tert-OH is 1. The van der Waals surface area contributed by atoms with Crippen molar-refractivity contribution in [1.82, 2.24) is 29.3 Å². The number of aromatic nitrogens is 6. The molecule has 0 radical (unpaired) electrons. The van der Waals surface area contributed by atoms with E-state index in [9.17, 15) is 5.11 Å². The third-order valence-corrected chi connectivity index (χ3v) is 5.83. The van der Waals surface area contributed by atoms with Gasteiger partial charge in [-0.25, -0.2) is 9.97 Å². The van der Waals surface area contributed by atoms with Gasteiger partial charge in [0, 0.05) is 42.5 Å². The number of imidazole rings is 1. The van der Waals surface area contributed by atoms with E-state index in [4.69, 9.17) is 14.5 Å². The Balaban J connectivity index is 1.37. The van der Waals surface area contributed by atoms with Crippen molar-refractivity contribution in [2.45, 2.75) is 32.8 Å². The Kier molecular flexibility index (Phi) is 5.43. The van der Waals surface area contributed by atoms with Crippen LogP contribution in [0.1, 0.15) is 30.2 Å². The third kappa shape index (κ3) is 3.78. The van der Waals surface area contributed by atoms with E-state index in [0.717, 1.165) is 40.6 Å². The molecular formula is C23H25N7O3. The highest BCUT2D eigenvalue weighted by Crippen LogP contribution is 2.37. The molecule has 0 aliphatic carbocycles. The second-order valence-electron chi connectivity index (χ2n) is 7.70. The minimum Gasteiger partial charge on any atom is -0.491 e. The summed E-state index contributed by atoms with van der Waals surface area (Å²) in [5.74, 6) is 1.89. The van der Waals surface area contributed by atoms with Gasteiger partial charge in [0.25, 0.3) is 5.88 Å². The van der Waals surface area contributed by atoms with Gasteiger partial charge in [0.15, 0.2) is 12.0 Å². The SMILES string of the molecule is CCn1ccnc1Cn1cc(N2Cc3nc(-c4cnc(OC)c(OC)c4)ccc3C2O)cn1. The van der Waals surface area contributed by atoms with Gasteiger partial charge < -0.3 is 24.0 Å². The largest absolute Gasteiger partial charge is 0.491 e. The zero-order valence-electron chi connectivity index (χ0n) is 18.7. The third-order valence-electron chi connectivity index (χ3n) is 5.83. The fourth-order valence-corrected chi connectivity index (χ4v) is 4.07. The van der Waals surface area contributed by atoms with Crippen LogP contribution in [0.25, 0.3) is 11.3 Å². The highest BCUT2D eigenvalue weighted by atomic mass is 16.5. The Bertz CT molecular complexity index is 1280. The average molecular weight is 447 g/mol. The molecule has 1 N–H and O–H groups in total. The molecule has 5 heterocycles. The summed E-state index contributed by atoms with van der Waals surface area (Å²) in [4.78, 5) is 15.4. The Labute approximate surface area is 191 Å². The Morgan fingerprint density at radius 1 is 1.15 bits per heavy atom. The number of hydrogen-bond donors (Lipinski definition) is 1. The summed E-state index contributed by atoms with van der Waals surface area (Å²) in [5.41, 5.74) is 3.97. The number of hydrogen-bond acceptors (Lipinski definition) is 8. The summed E-state index contributed by atoms with van der Waals surface area (Å²) in [7, 11) is 3.12. The van der Waals surface area contributed by atoms with Gasteiger partial charge in [0.05, 0.1) is 50.6 Å². The number of ether oxygens (including phenoxy) is 2. The second kappa shape index (κ2) is 8.55. The lowest BCUT2D eigenvalue weighted by atomic mass is 10.1.